The number of unbranched alkanes of at least 4 members (excludes halogenated alkanes) is 4. The summed E-state index contributed by atoms with van der Waals surface area (Å²) in [5, 5.41) is 0. The van der Waals surface area contributed by atoms with Crippen LogP contribution in [-0.4, -0.2) is 24.7 Å². The summed E-state index contributed by atoms with van der Waals surface area (Å²) in [6.07, 6.45) is 4.69. The Kier molecular flexibility index (Phi) is 7.20. The molecule has 0 spiro atoms. The van der Waals surface area contributed by atoms with Crippen molar-refractivity contribution in [3.05, 3.63) is 24.3 Å². The number of esters is 1. The zero-order chi connectivity index (χ0) is 16.6. The van der Waals surface area contributed by atoms with E-state index in [4.69, 9.17) is 9.29 Å². The molecule has 7 heteroatoms. The lowest BCUT2D eigenvalue weighted by molar-refractivity contribution is -0.147. The number of para-hydroxylation sites is 1. The summed E-state index contributed by atoms with van der Waals surface area (Å²) >= 11 is 0. The number of hydrogen-bond donors (Lipinski definition) is 1. The lowest BCUT2D eigenvalue weighted by Gasteiger charge is -2.07. The Morgan fingerprint density at radius 1 is 1.09 bits per heavy atom. The number of rotatable bonds is 9. The van der Waals surface area contributed by atoms with Gasteiger partial charge in [-0.05, 0) is 18.6 Å². The first kappa shape index (κ1) is 18.3. The minimum atomic E-state index is -4.52. The number of hydrogen-bond acceptors (Lipinski definition) is 5. The van der Waals surface area contributed by atoms with Gasteiger partial charge in [0.05, 0.1) is 0 Å². The molecule has 0 aliphatic carbocycles. The van der Waals surface area contributed by atoms with Gasteiger partial charge in [-0.25, -0.2) is 4.79 Å². The molecule has 0 unspecified atom stereocenters. The van der Waals surface area contributed by atoms with Crippen LogP contribution in [0.2, 0.25) is 0 Å². The van der Waals surface area contributed by atoms with E-state index in [9.17, 15) is 18.0 Å². The van der Waals surface area contributed by atoms with E-state index in [1.54, 1.807) is 0 Å². The van der Waals surface area contributed by atoms with Crippen molar-refractivity contribution in [3.8, 4) is 5.75 Å². The fraction of sp³-hybridized carbons (Fsp3) is 0.467. The first-order valence-electron chi connectivity index (χ1n) is 7.17. The molecule has 0 atom stereocenters. The maximum absolute atomic E-state index is 11.7. The predicted octanol–water partition coefficient (Wildman–Crippen LogP) is 2.77. The molecule has 0 saturated carbocycles. The largest absolute Gasteiger partial charge is 0.419 e. The number of benzene rings is 1. The van der Waals surface area contributed by atoms with Crippen LogP contribution in [0.1, 0.15) is 45.4 Å². The Bertz CT molecular complexity index is 621. The highest BCUT2D eigenvalue weighted by molar-refractivity contribution is 7.86. The molecule has 0 aromatic heterocycles. The third kappa shape index (κ3) is 5.95. The molecule has 0 aliphatic heterocycles. The summed E-state index contributed by atoms with van der Waals surface area (Å²) in [4.78, 5) is 22.8. The minimum Gasteiger partial charge on any atom is -0.419 e. The molecule has 1 aromatic rings. The Balaban J connectivity index is 2.60. The van der Waals surface area contributed by atoms with Gasteiger partial charge < -0.3 is 4.74 Å². The van der Waals surface area contributed by atoms with E-state index in [-0.39, 0.29) is 12.2 Å². The molecule has 0 fully saturated rings. The van der Waals surface area contributed by atoms with E-state index >= 15 is 0 Å². The van der Waals surface area contributed by atoms with Gasteiger partial charge in [0, 0.05) is 6.42 Å². The Hall–Kier alpha value is -1.73. The standard InChI is InChI=1S/C15H20O6S/c1-2-3-4-5-6-9-12(16)15(17)21-13-10-7-8-11-14(13)22(18,19)20/h7-8,10-11H,2-6,9H2,1H3,(H,18,19,20). The molecular weight excluding hydrogens is 308 g/mol. The summed E-state index contributed by atoms with van der Waals surface area (Å²) < 4.78 is 36.1. The number of ether oxygens (including phenoxy) is 1. The quantitative estimate of drug-likeness (QED) is 0.246. The van der Waals surface area contributed by atoms with Gasteiger partial charge in [-0.15, -0.1) is 0 Å². The van der Waals surface area contributed by atoms with Crippen molar-refractivity contribution in [2.75, 3.05) is 0 Å². The topological polar surface area (TPSA) is 97.7 Å². The summed E-state index contributed by atoms with van der Waals surface area (Å²) in [5.41, 5.74) is 0. The molecule has 22 heavy (non-hydrogen) atoms. The average Bonchev–Trinajstić information content (AvgIpc) is 2.46. The maximum Gasteiger partial charge on any atom is 0.380 e. The first-order chi connectivity index (χ1) is 10.4. The molecule has 0 bridgehead atoms. The number of carbonyl (C=O) groups excluding carboxylic acids is 2. The van der Waals surface area contributed by atoms with Crippen LogP contribution in [0.5, 0.6) is 5.75 Å². The number of Topliss-reactive ketones (excluding diaryl/α,β-unsaturated/α-hetero) is 1. The molecule has 1 rings (SSSR count). The van der Waals surface area contributed by atoms with Gasteiger partial charge in [-0.1, -0.05) is 44.7 Å². The van der Waals surface area contributed by atoms with E-state index in [0.717, 1.165) is 31.7 Å². The van der Waals surface area contributed by atoms with Gasteiger partial charge in [0.2, 0.25) is 5.78 Å². The SMILES string of the molecule is CCCCCCCC(=O)C(=O)Oc1ccccc1S(=O)(=O)O. The predicted molar refractivity (Wildman–Crippen MR) is 80.3 cm³/mol. The van der Waals surface area contributed by atoms with Gasteiger partial charge in [0.25, 0.3) is 10.1 Å². The second-order valence-corrected chi connectivity index (χ2v) is 6.29. The van der Waals surface area contributed by atoms with Crippen LogP contribution in [0.25, 0.3) is 0 Å². The normalized spacial score (nSPS) is 11.2. The summed E-state index contributed by atoms with van der Waals surface area (Å²) in [7, 11) is -4.52. The third-order valence-electron chi connectivity index (χ3n) is 3.06. The third-order valence-corrected chi connectivity index (χ3v) is 3.96. The van der Waals surface area contributed by atoms with Gasteiger partial charge in [-0.2, -0.15) is 8.42 Å². The number of carbonyl (C=O) groups is 2. The molecular formula is C15H20O6S. The molecule has 0 aliphatic rings. The van der Waals surface area contributed by atoms with Crippen molar-refractivity contribution in [1.82, 2.24) is 0 Å². The Morgan fingerprint density at radius 2 is 1.73 bits per heavy atom. The zero-order valence-electron chi connectivity index (χ0n) is 12.4. The highest BCUT2D eigenvalue weighted by atomic mass is 32.2. The van der Waals surface area contributed by atoms with E-state index < -0.39 is 26.8 Å². The first-order valence-corrected chi connectivity index (χ1v) is 8.61. The molecule has 0 heterocycles. The lowest BCUT2D eigenvalue weighted by atomic mass is 10.1. The van der Waals surface area contributed by atoms with Gasteiger partial charge >= 0.3 is 5.97 Å². The second-order valence-electron chi connectivity index (χ2n) is 4.90. The average molecular weight is 328 g/mol. The van der Waals surface area contributed by atoms with E-state index in [2.05, 4.69) is 6.92 Å². The van der Waals surface area contributed by atoms with Crippen LogP contribution in [0.4, 0.5) is 0 Å². The molecule has 0 radical (unpaired) electrons. The van der Waals surface area contributed by atoms with Crippen molar-refractivity contribution in [1.29, 1.82) is 0 Å². The van der Waals surface area contributed by atoms with Gasteiger partial charge in [0.15, 0.2) is 5.75 Å². The molecule has 1 N–H and O–H groups in total. The fourth-order valence-corrected chi connectivity index (χ4v) is 2.51. The lowest BCUT2D eigenvalue weighted by Crippen LogP contribution is -2.21. The van der Waals surface area contributed by atoms with E-state index in [1.807, 2.05) is 0 Å². The van der Waals surface area contributed by atoms with E-state index in [1.165, 1.54) is 18.2 Å². The molecule has 0 amide bonds. The summed E-state index contributed by atoms with van der Waals surface area (Å²) in [6.45, 7) is 2.08. The van der Waals surface area contributed by atoms with Gasteiger partial charge in [-0.3, -0.25) is 9.35 Å². The molecule has 0 saturated heterocycles. The van der Waals surface area contributed by atoms with Crippen LogP contribution < -0.4 is 4.74 Å². The highest BCUT2D eigenvalue weighted by Gasteiger charge is 2.21. The maximum atomic E-state index is 11.7. The van der Waals surface area contributed by atoms with Crippen LogP contribution in [0, 0.1) is 0 Å². The van der Waals surface area contributed by atoms with Crippen LogP contribution in [0.3, 0.4) is 0 Å². The molecule has 6 nitrogen and oxygen atoms in total. The highest BCUT2D eigenvalue weighted by Crippen LogP contribution is 2.23. The second kappa shape index (κ2) is 8.65. The monoisotopic (exact) mass is 328 g/mol. The van der Waals surface area contributed by atoms with E-state index in [0.29, 0.717) is 6.42 Å². The van der Waals surface area contributed by atoms with Crippen LogP contribution in [-0.2, 0) is 19.7 Å². The summed E-state index contributed by atoms with van der Waals surface area (Å²) in [5.74, 6) is -2.18. The van der Waals surface area contributed by atoms with Crippen molar-refractivity contribution in [2.24, 2.45) is 0 Å². The van der Waals surface area contributed by atoms with Gasteiger partial charge in [0.1, 0.15) is 4.90 Å². The Morgan fingerprint density at radius 3 is 2.36 bits per heavy atom. The fourth-order valence-electron chi connectivity index (χ4n) is 1.90. The van der Waals surface area contributed by atoms with Crippen molar-refractivity contribution >= 4 is 21.9 Å². The smallest absolute Gasteiger partial charge is 0.380 e. The minimum absolute atomic E-state index is 0.0661. The van der Waals surface area contributed by atoms with Crippen LogP contribution >= 0.6 is 0 Å². The zero-order valence-corrected chi connectivity index (χ0v) is 13.3. The number of ketones is 1. The molecule has 122 valence electrons. The van der Waals surface area contributed by atoms with Crippen LogP contribution in [0.15, 0.2) is 29.2 Å². The van der Waals surface area contributed by atoms with Crippen molar-refractivity contribution in [2.45, 2.75) is 50.3 Å². The molecule has 1 aromatic carbocycles. The summed E-state index contributed by atoms with van der Waals surface area (Å²) in [6, 6.07) is 5.10. The van der Waals surface area contributed by atoms with Crippen molar-refractivity contribution < 1.29 is 27.3 Å². The Labute approximate surface area is 130 Å². The van der Waals surface area contributed by atoms with Crippen molar-refractivity contribution in [3.63, 3.8) is 0 Å².